The second-order valence-electron chi connectivity index (χ2n) is 5.61. The Morgan fingerprint density at radius 1 is 1.00 bits per heavy atom. The second-order valence-corrected chi connectivity index (χ2v) is 5.61. The van der Waals surface area contributed by atoms with Gasteiger partial charge in [0, 0.05) is 13.0 Å². The van der Waals surface area contributed by atoms with E-state index >= 15 is 0 Å². The number of benzene rings is 2. The third-order valence-corrected chi connectivity index (χ3v) is 3.40. The molecule has 5 nitrogen and oxygen atoms in total. The zero-order chi connectivity index (χ0) is 17.3. The smallest absolute Gasteiger partial charge is 0.308 e. The summed E-state index contributed by atoms with van der Waals surface area (Å²) >= 11 is 0. The highest BCUT2D eigenvalue weighted by Crippen LogP contribution is 2.25. The lowest BCUT2D eigenvalue weighted by molar-refractivity contribution is -0.131. The van der Waals surface area contributed by atoms with E-state index < -0.39 is 5.97 Å². The molecule has 0 atom stereocenters. The number of rotatable bonds is 3. The van der Waals surface area contributed by atoms with Gasteiger partial charge in [-0.2, -0.15) is 0 Å². The second kappa shape index (κ2) is 6.20. The summed E-state index contributed by atoms with van der Waals surface area (Å²) in [5.41, 5.74) is 2.12. The van der Waals surface area contributed by atoms with Crippen LogP contribution in [0.4, 0.5) is 0 Å². The van der Waals surface area contributed by atoms with Crippen molar-refractivity contribution in [2.75, 3.05) is 0 Å². The first-order valence-electron chi connectivity index (χ1n) is 7.42. The molecule has 3 aromatic rings. The van der Waals surface area contributed by atoms with Gasteiger partial charge in [-0.25, -0.2) is 0 Å². The van der Waals surface area contributed by atoms with E-state index in [4.69, 9.17) is 13.9 Å². The normalized spacial score (nSPS) is 10.6. The lowest BCUT2D eigenvalue weighted by atomic mass is 10.1. The summed E-state index contributed by atoms with van der Waals surface area (Å²) in [6, 6.07) is 10.3. The highest BCUT2D eigenvalue weighted by Gasteiger charge is 2.11. The zero-order valence-corrected chi connectivity index (χ0v) is 13.6. The molecule has 3 rings (SSSR count). The van der Waals surface area contributed by atoms with Gasteiger partial charge in [-0.05, 0) is 49.2 Å². The van der Waals surface area contributed by atoms with Gasteiger partial charge in [-0.15, -0.1) is 0 Å². The van der Waals surface area contributed by atoms with E-state index in [9.17, 15) is 9.59 Å². The predicted molar refractivity (Wildman–Crippen MR) is 89.8 cm³/mol. The topological polar surface area (TPSA) is 65.7 Å². The minimum absolute atomic E-state index is 0.104. The summed E-state index contributed by atoms with van der Waals surface area (Å²) in [4.78, 5) is 23.5. The maximum Gasteiger partial charge on any atom is 0.308 e. The molecule has 0 aliphatic carbocycles. The van der Waals surface area contributed by atoms with Crippen LogP contribution in [0.25, 0.3) is 11.0 Å². The average Bonchev–Trinajstić information content (AvgIpc) is 2.48. The molecular weight excluding hydrogens is 308 g/mol. The molecule has 0 spiro atoms. The Hall–Kier alpha value is -3.08. The van der Waals surface area contributed by atoms with Gasteiger partial charge in [0.25, 0.3) is 0 Å². The van der Waals surface area contributed by atoms with Crippen molar-refractivity contribution in [3.8, 4) is 17.2 Å². The van der Waals surface area contributed by atoms with Gasteiger partial charge >= 0.3 is 5.97 Å². The van der Waals surface area contributed by atoms with E-state index in [1.165, 1.54) is 19.3 Å². The molecule has 1 aromatic heterocycles. The van der Waals surface area contributed by atoms with Gasteiger partial charge in [0.2, 0.25) is 11.2 Å². The van der Waals surface area contributed by atoms with Crippen LogP contribution in [0.1, 0.15) is 18.1 Å². The summed E-state index contributed by atoms with van der Waals surface area (Å²) in [5.74, 6) is 0.566. The molecule has 0 N–H and O–H groups in total. The number of esters is 1. The number of hydrogen-bond acceptors (Lipinski definition) is 5. The van der Waals surface area contributed by atoms with Crippen molar-refractivity contribution in [3.05, 3.63) is 64.0 Å². The highest BCUT2D eigenvalue weighted by atomic mass is 16.5. The lowest BCUT2D eigenvalue weighted by Gasteiger charge is -2.08. The van der Waals surface area contributed by atoms with Crippen LogP contribution in [0.15, 0.2) is 51.9 Å². The zero-order valence-electron chi connectivity index (χ0n) is 13.6. The van der Waals surface area contributed by atoms with Crippen molar-refractivity contribution in [2.24, 2.45) is 0 Å². The Morgan fingerprint density at radius 2 is 1.71 bits per heavy atom. The first-order valence-corrected chi connectivity index (χ1v) is 7.42. The van der Waals surface area contributed by atoms with Crippen molar-refractivity contribution in [1.29, 1.82) is 0 Å². The predicted octanol–water partition coefficient (Wildman–Crippen LogP) is 4.13. The lowest BCUT2D eigenvalue weighted by Crippen LogP contribution is -2.06. The summed E-state index contributed by atoms with van der Waals surface area (Å²) < 4.78 is 16.1. The number of aryl methyl sites for hydroxylation is 2. The number of ether oxygens (including phenoxy) is 2. The highest BCUT2D eigenvalue weighted by molar-refractivity contribution is 5.80. The summed E-state index contributed by atoms with van der Waals surface area (Å²) in [6.07, 6.45) is 1.26. The molecule has 0 fully saturated rings. The third kappa shape index (κ3) is 3.30. The SMILES string of the molecule is CC(=O)Oc1ccc2c(=O)c(Oc3cc(C)cc(C)c3)coc2c1. The Kier molecular flexibility index (Phi) is 4.08. The van der Waals surface area contributed by atoms with Gasteiger partial charge in [0.05, 0.1) is 5.39 Å². The Bertz CT molecular complexity index is 964. The minimum atomic E-state index is -0.438. The van der Waals surface area contributed by atoms with Crippen LogP contribution in [-0.4, -0.2) is 5.97 Å². The van der Waals surface area contributed by atoms with Crippen molar-refractivity contribution >= 4 is 16.9 Å². The number of carbonyl (C=O) groups is 1. The number of carbonyl (C=O) groups excluding carboxylic acids is 1. The van der Waals surface area contributed by atoms with Gasteiger partial charge in [0.15, 0.2) is 0 Å². The molecule has 1 heterocycles. The van der Waals surface area contributed by atoms with Crippen LogP contribution in [-0.2, 0) is 4.79 Å². The van der Waals surface area contributed by atoms with E-state index in [0.717, 1.165) is 11.1 Å². The molecular formula is C19H16O5. The fourth-order valence-corrected chi connectivity index (χ4v) is 2.51. The van der Waals surface area contributed by atoms with E-state index in [0.29, 0.717) is 22.5 Å². The van der Waals surface area contributed by atoms with Gasteiger partial charge in [0.1, 0.15) is 23.3 Å². The number of hydrogen-bond donors (Lipinski definition) is 0. The molecule has 0 saturated heterocycles. The third-order valence-electron chi connectivity index (χ3n) is 3.40. The molecule has 0 aliphatic heterocycles. The first-order chi connectivity index (χ1) is 11.4. The van der Waals surface area contributed by atoms with Crippen molar-refractivity contribution in [1.82, 2.24) is 0 Å². The molecule has 0 amide bonds. The first kappa shape index (κ1) is 15.8. The molecule has 0 saturated carbocycles. The van der Waals surface area contributed by atoms with Crippen LogP contribution in [0.2, 0.25) is 0 Å². The van der Waals surface area contributed by atoms with Crippen molar-refractivity contribution < 1.29 is 18.7 Å². The van der Waals surface area contributed by atoms with E-state index in [-0.39, 0.29) is 11.2 Å². The molecule has 0 unspecified atom stereocenters. The van der Waals surface area contributed by atoms with E-state index in [2.05, 4.69) is 0 Å². The van der Waals surface area contributed by atoms with Gasteiger partial charge < -0.3 is 13.9 Å². The Morgan fingerprint density at radius 3 is 2.38 bits per heavy atom. The summed E-state index contributed by atoms with van der Waals surface area (Å²) in [6.45, 7) is 5.22. The van der Waals surface area contributed by atoms with Crippen molar-refractivity contribution in [2.45, 2.75) is 20.8 Å². The Balaban J connectivity index is 1.99. The summed E-state index contributed by atoms with van der Waals surface area (Å²) in [7, 11) is 0. The standard InChI is InChI=1S/C19H16O5/c1-11-6-12(2)8-15(7-11)24-18-10-22-17-9-14(23-13(3)20)4-5-16(17)19(18)21/h4-10H,1-3H3. The molecule has 24 heavy (non-hydrogen) atoms. The van der Waals surface area contributed by atoms with Crippen LogP contribution in [0, 0.1) is 13.8 Å². The van der Waals surface area contributed by atoms with Crippen LogP contribution < -0.4 is 14.9 Å². The fourth-order valence-electron chi connectivity index (χ4n) is 2.51. The fraction of sp³-hybridized carbons (Fsp3) is 0.158. The van der Waals surface area contributed by atoms with E-state index in [1.807, 2.05) is 32.0 Å². The van der Waals surface area contributed by atoms with Gasteiger partial charge in [-0.3, -0.25) is 9.59 Å². The molecule has 5 heteroatoms. The maximum absolute atomic E-state index is 12.5. The molecule has 0 radical (unpaired) electrons. The Labute approximate surface area is 138 Å². The van der Waals surface area contributed by atoms with Crippen molar-refractivity contribution in [3.63, 3.8) is 0 Å². The van der Waals surface area contributed by atoms with Gasteiger partial charge in [-0.1, -0.05) is 6.07 Å². The average molecular weight is 324 g/mol. The molecule has 122 valence electrons. The number of fused-ring (bicyclic) bond motifs is 1. The largest absolute Gasteiger partial charge is 0.460 e. The minimum Gasteiger partial charge on any atom is -0.460 e. The van der Waals surface area contributed by atoms with Crippen LogP contribution in [0.5, 0.6) is 17.2 Å². The molecule has 2 aromatic carbocycles. The molecule has 0 bridgehead atoms. The monoisotopic (exact) mass is 324 g/mol. The van der Waals surface area contributed by atoms with E-state index in [1.54, 1.807) is 12.1 Å². The van der Waals surface area contributed by atoms with Crippen LogP contribution in [0.3, 0.4) is 0 Å². The molecule has 0 aliphatic rings. The maximum atomic E-state index is 12.5. The van der Waals surface area contributed by atoms with Crippen LogP contribution >= 0.6 is 0 Å². The quantitative estimate of drug-likeness (QED) is 0.535. The summed E-state index contributed by atoms with van der Waals surface area (Å²) in [5, 5.41) is 0.354.